The van der Waals surface area contributed by atoms with Crippen molar-refractivity contribution in [3.8, 4) is 11.5 Å². The summed E-state index contributed by atoms with van der Waals surface area (Å²) in [6, 6.07) is 45.4. The summed E-state index contributed by atoms with van der Waals surface area (Å²) in [6.07, 6.45) is 0. The lowest BCUT2D eigenvalue weighted by molar-refractivity contribution is 0.416. The zero-order valence-corrected chi connectivity index (χ0v) is 20.4. The summed E-state index contributed by atoms with van der Waals surface area (Å²) in [7, 11) is 3.41. The largest absolute Gasteiger partial charge is 0.495 e. The van der Waals surface area contributed by atoms with Crippen molar-refractivity contribution in [2.45, 2.75) is 0 Å². The van der Waals surface area contributed by atoms with Crippen LogP contribution in [-0.4, -0.2) is 14.2 Å². The second-order valence-electron chi connectivity index (χ2n) is 8.20. The van der Waals surface area contributed by atoms with Crippen LogP contribution in [0.5, 0.6) is 11.5 Å². The minimum Gasteiger partial charge on any atom is -0.495 e. The highest BCUT2D eigenvalue weighted by Crippen LogP contribution is 2.43. The fourth-order valence-corrected chi connectivity index (χ4v) is 4.39. The maximum absolute atomic E-state index is 5.71. The summed E-state index contributed by atoms with van der Waals surface area (Å²) in [5, 5.41) is 0. The number of hydrogen-bond donors (Lipinski definition) is 0. The quantitative estimate of drug-likeness (QED) is 0.226. The summed E-state index contributed by atoms with van der Waals surface area (Å²) in [6.45, 7) is 0. The monoisotopic (exact) mass is 472 g/mol. The predicted octanol–water partition coefficient (Wildman–Crippen LogP) is 8.64. The van der Waals surface area contributed by atoms with Crippen LogP contribution in [0.25, 0.3) is 0 Å². The zero-order chi connectivity index (χ0) is 24.7. The summed E-state index contributed by atoms with van der Waals surface area (Å²) >= 11 is 0. The second-order valence-corrected chi connectivity index (χ2v) is 8.20. The van der Waals surface area contributed by atoms with Gasteiger partial charge in [0, 0.05) is 22.7 Å². The van der Waals surface area contributed by atoms with Crippen molar-refractivity contribution in [2.24, 2.45) is 0 Å². The maximum Gasteiger partial charge on any atom is 0.142 e. The summed E-state index contributed by atoms with van der Waals surface area (Å²) in [5.74, 6) is 1.62. The smallest absolute Gasteiger partial charge is 0.142 e. The van der Waals surface area contributed by atoms with Crippen molar-refractivity contribution in [1.82, 2.24) is 0 Å². The molecule has 0 atom stereocenters. The lowest BCUT2D eigenvalue weighted by atomic mass is 10.1. The number of rotatable bonds is 8. The van der Waals surface area contributed by atoms with Gasteiger partial charge in [-0.05, 0) is 72.8 Å². The standard InChI is InChI=1S/C32H28N2O2/c1-35-31-19-11-9-17-29(31)33(25-13-5-3-6-14-25)27-21-23-28(24-22-27)34(26-15-7-4-8-16-26)30-18-10-12-20-32(30)36-2/h3-24H,1-2H3. The number of methoxy groups -OCH3 is 2. The Labute approximate surface area is 212 Å². The Morgan fingerprint density at radius 3 is 1.03 bits per heavy atom. The van der Waals surface area contributed by atoms with Crippen LogP contribution in [0.15, 0.2) is 133 Å². The van der Waals surface area contributed by atoms with Gasteiger partial charge in [-0.3, -0.25) is 0 Å². The van der Waals surface area contributed by atoms with E-state index in [1.54, 1.807) is 14.2 Å². The molecule has 0 unspecified atom stereocenters. The molecule has 5 aromatic carbocycles. The Bertz CT molecular complexity index is 1290. The van der Waals surface area contributed by atoms with Gasteiger partial charge in [0.1, 0.15) is 11.5 Å². The number of anilines is 6. The topological polar surface area (TPSA) is 24.9 Å². The number of benzene rings is 5. The van der Waals surface area contributed by atoms with Gasteiger partial charge in [0.2, 0.25) is 0 Å². The SMILES string of the molecule is COc1ccccc1N(c1ccccc1)c1ccc(N(c2ccccc2)c2ccccc2OC)cc1. The van der Waals surface area contributed by atoms with Crippen molar-refractivity contribution >= 4 is 34.1 Å². The molecule has 0 bridgehead atoms. The van der Waals surface area contributed by atoms with Gasteiger partial charge in [-0.1, -0.05) is 60.7 Å². The molecule has 0 aliphatic heterocycles. The molecular formula is C32H28N2O2. The van der Waals surface area contributed by atoms with Crippen molar-refractivity contribution in [3.63, 3.8) is 0 Å². The maximum atomic E-state index is 5.71. The highest BCUT2D eigenvalue weighted by molar-refractivity contribution is 5.84. The molecule has 4 heteroatoms. The molecule has 4 nitrogen and oxygen atoms in total. The Kier molecular flexibility index (Phi) is 6.86. The Morgan fingerprint density at radius 2 is 0.667 bits per heavy atom. The molecule has 36 heavy (non-hydrogen) atoms. The number of nitrogens with zero attached hydrogens (tertiary/aromatic N) is 2. The summed E-state index contributed by atoms with van der Waals surface area (Å²) < 4.78 is 11.4. The van der Waals surface area contributed by atoms with Crippen LogP contribution in [-0.2, 0) is 0 Å². The molecule has 0 saturated heterocycles. The molecule has 5 aromatic rings. The normalized spacial score (nSPS) is 10.5. The van der Waals surface area contributed by atoms with Crippen LogP contribution in [0.1, 0.15) is 0 Å². The van der Waals surface area contributed by atoms with E-state index in [1.807, 2.05) is 72.8 Å². The van der Waals surface area contributed by atoms with Crippen LogP contribution in [0.3, 0.4) is 0 Å². The van der Waals surface area contributed by atoms with Crippen molar-refractivity contribution < 1.29 is 9.47 Å². The Hall–Kier alpha value is -4.70. The average Bonchev–Trinajstić information content (AvgIpc) is 2.96. The number of hydrogen-bond acceptors (Lipinski definition) is 4. The van der Waals surface area contributed by atoms with Crippen molar-refractivity contribution in [3.05, 3.63) is 133 Å². The third-order valence-corrected chi connectivity index (χ3v) is 6.05. The van der Waals surface area contributed by atoms with E-state index in [1.165, 1.54) is 0 Å². The van der Waals surface area contributed by atoms with E-state index in [9.17, 15) is 0 Å². The minimum atomic E-state index is 0.811. The first-order chi connectivity index (χ1) is 17.8. The fourth-order valence-electron chi connectivity index (χ4n) is 4.39. The van der Waals surface area contributed by atoms with E-state index in [4.69, 9.17) is 9.47 Å². The number of para-hydroxylation sites is 6. The molecule has 178 valence electrons. The molecule has 0 amide bonds. The van der Waals surface area contributed by atoms with E-state index in [-0.39, 0.29) is 0 Å². The van der Waals surface area contributed by atoms with E-state index in [0.29, 0.717) is 0 Å². The first kappa shape index (κ1) is 23.1. The van der Waals surface area contributed by atoms with E-state index < -0.39 is 0 Å². The molecule has 0 spiro atoms. The van der Waals surface area contributed by atoms with Gasteiger partial charge in [-0.2, -0.15) is 0 Å². The summed E-state index contributed by atoms with van der Waals surface area (Å²) in [4.78, 5) is 4.41. The second kappa shape index (κ2) is 10.7. The highest BCUT2D eigenvalue weighted by atomic mass is 16.5. The van der Waals surface area contributed by atoms with Crippen molar-refractivity contribution in [1.29, 1.82) is 0 Å². The van der Waals surface area contributed by atoms with E-state index in [2.05, 4.69) is 70.5 Å². The van der Waals surface area contributed by atoms with Crippen LogP contribution < -0.4 is 19.3 Å². The first-order valence-corrected chi connectivity index (χ1v) is 11.9. The third kappa shape index (κ3) is 4.62. The van der Waals surface area contributed by atoms with Gasteiger partial charge >= 0.3 is 0 Å². The predicted molar refractivity (Wildman–Crippen MR) is 149 cm³/mol. The van der Waals surface area contributed by atoms with Crippen LogP contribution in [0.4, 0.5) is 34.1 Å². The van der Waals surface area contributed by atoms with E-state index >= 15 is 0 Å². The van der Waals surface area contributed by atoms with E-state index in [0.717, 1.165) is 45.6 Å². The first-order valence-electron chi connectivity index (χ1n) is 11.9. The van der Waals surface area contributed by atoms with Crippen LogP contribution >= 0.6 is 0 Å². The van der Waals surface area contributed by atoms with Crippen molar-refractivity contribution in [2.75, 3.05) is 24.0 Å². The molecule has 0 saturated carbocycles. The summed E-state index contributed by atoms with van der Waals surface area (Å²) in [5.41, 5.74) is 6.12. The number of ether oxygens (including phenoxy) is 2. The van der Waals surface area contributed by atoms with Gasteiger partial charge in [0.25, 0.3) is 0 Å². The fraction of sp³-hybridized carbons (Fsp3) is 0.0625. The highest BCUT2D eigenvalue weighted by Gasteiger charge is 2.19. The van der Waals surface area contributed by atoms with Crippen LogP contribution in [0, 0.1) is 0 Å². The molecule has 0 aliphatic carbocycles. The third-order valence-electron chi connectivity index (χ3n) is 6.05. The molecule has 0 radical (unpaired) electrons. The van der Waals surface area contributed by atoms with Gasteiger partial charge in [0.15, 0.2) is 0 Å². The Balaban J connectivity index is 1.62. The molecule has 0 aliphatic rings. The molecule has 0 N–H and O–H groups in total. The molecule has 0 fully saturated rings. The molecule has 0 heterocycles. The average molecular weight is 473 g/mol. The molecule has 5 rings (SSSR count). The molecular weight excluding hydrogens is 444 g/mol. The minimum absolute atomic E-state index is 0.811. The van der Waals surface area contributed by atoms with Gasteiger partial charge in [-0.25, -0.2) is 0 Å². The zero-order valence-electron chi connectivity index (χ0n) is 20.4. The van der Waals surface area contributed by atoms with Gasteiger partial charge < -0.3 is 19.3 Å². The lowest BCUT2D eigenvalue weighted by Crippen LogP contribution is -2.13. The van der Waals surface area contributed by atoms with Crippen LogP contribution in [0.2, 0.25) is 0 Å². The molecule has 0 aromatic heterocycles. The van der Waals surface area contributed by atoms with Gasteiger partial charge in [-0.15, -0.1) is 0 Å². The van der Waals surface area contributed by atoms with Gasteiger partial charge in [0.05, 0.1) is 25.6 Å². The Morgan fingerprint density at radius 1 is 0.361 bits per heavy atom. The lowest BCUT2D eigenvalue weighted by Gasteiger charge is -2.29.